The van der Waals surface area contributed by atoms with Gasteiger partial charge in [-0.3, -0.25) is 19.3 Å². The molecule has 2 aliphatic heterocycles. The van der Waals surface area contributed by atoms with E-state index in [4.69, 9.17) is 0 Å². The predicted molar refractivity (Wildman–Crippen MR) is 116 cm³/mol. The summed E-state index contributed by atoms with van der Waals surface area (Å²) in [6, 6.07) is 5.91. The number of piperidine rings is 1. The molecule has 2 aliphatic rings. The Labute approximate surface area is 179 Å². The molecule has 1 aromatic carbocycles. The molecule has 2 saturated heterocycles. The van der Waals surface area contributed by atoms with Gasteiger partial charge in [-0.2, -0.15) is 0 Å². The van der Waals surface area contributed by atoms with Crippen molar-refractivity contribution in [2.75, 3.05) is 52.4 Å². The molecule has 7 heteroatoms. The predicted octanol–water partition coefficient (Wildman–Crippen LogP) is 1.44. The number of amides is 3. The Hall–Kier alpha value is -2.41. The second-order valence-electron chi connectivity index (χ2n) is 8.52. The molecule has 0 radical (unpaired) electrons. The van der Waals surface area contributed by atoms with E-state index < -0.39 is 0 Å². The van der Waals surface area contributed by atoms with E-state index in [1.807, 2.05) is 42.7 Å². The molecule has 1 aromatic rings. The average molecular weight is 415 g/mol. The lowest BCUT2D eigenvalue weighted by molar-refractivity contribution is -0.138. The fraction of sp³-hybridized carbons (Fsp3) is 0.609. The number of likely N-dealkylation sites (N-methyl/N-ethyl adjacent to an activating group) is 1. The number of likely N-dealkylation sites (tertiary alicyclic amines) is 1. The van der Waals surface area contributed by atoms with Crippen molar-refractivity contribution in [3.63, 3.8) is 0 Å². The Bertz CT molecular complexity index is 766. The van der Waals surface area contributed by atoms with E-state index in [-0.39, 0.29) is 23.6 Å². The van der Waals surface area contributed by atoms with Crippen molar-refractivity contribution in [2.45, 2.75) is 33.6 Å². The topological polar surface area (TPSA) is 73.0 Å². The van der Waals surface area contributed by atoms with Crippen molar-refractivity contribution >= 4 is 17.7 Å². The molecule has 3 rings (SSSR count). The molecule has 0 saturated carbocycles. The third-order valence-electron chi connectivity index (χ3n) is 5.95. The Balaban J connectivity index is 1.54. The van der Waals surface area contributed by atoms with Crippen LogP contribution in [0.5, 0.6) is 0 Å². The maximum atomic E-state index is 13.1. The summed E-state index contributed by atoms with van der Waals surface area (Å²) in [5, 5.41) is 2.82. The number of nitrogens with one attached hydrogen (secondary N) is 1. The third kappa shape index (κ3) is 5.59. The summed E-state index contributed by atoms with van der Waals surface area (Å²) in [5.74, 6) is 0.0604. The van der Waals surface area contributed by atoms with E-state index in [0.717, 1.165) is 24.0 Å². The van der Waals surface area contributed by atoms with E-state index in [9.17, 15) is 14.4 Å². The van der Waals surface area contributed by atoms with Crippen LogP contribution in [0, 0.1) is 19.8 Å². The van der Waals surface area contributed by atoms with Gasteiger partial charge in [-0.05, 0) is 45.7 Å². The number of hydrogen-bond donors (Lipinski definition) is 1. The lowest BCUT2D eigenvalue weighted by atomic mass is 9.95. The number of benzene rings is 1. The van der Waals surface area contributed by atoms with Gasteiger partial charge in [-0.25, -0.2) is 0 Å². The van der Waals surface area contributed by atoms with Crippen LogP contribution < -0.4 is 5.32 Å². The Morgan fingerprint density at radius 3 is 2.27 bits per heavy atom. The molecule has 2 fully saturated rings. The van der Waals surface area contributed by atoms with Gasteiger partial charge in [0.1, 0.15) is 0 Å². The minimum atomic E-state index is -0.136. The number of carbonyl (C=O) groups excluding carboxylic acids is 3. The Morgan fingerprint density at radius 2 is 1.63 bits per heavy atom. The zero-order chi connectivity index (χ0) is 21.7. The van der Waals surface area contributed by atoms with Crippen molar-refractivity contribution < 1.29 is 14.4 Å². The number of piperazine rings is 1. The summed E-state index contributed by atoms with van der Waals surface area (Å²) >= 11 is 0. The summed E-state index contributed by atoms with van der Waals surface area (Å²) in [6.07, 6.45) is 1.68. The maximum Gasteiger partial charge on any atom is 0.253 e. The van der Waals surface area contributed by atoms with Crippen LogP contribution in [0.25, 0.3) is 0 Å². The van der Waals surface area contributed by atoms with Crippen LogP contribution in [0.2, 0.25) is 0 Å². The van der Waals surface area contributed by atoms with E-state index in [1.165, 1.54) is 0 Å². The SMILES string of the molecule is CCNC(=O)CN1CCN(C(=O)C2CCCN(C(=O)c3cc(C)cc(C)c3)C2)CC1. The van der Waals surface area contributed by atoms with Gasteiger partial charge in [0.2, 0.25) is 11.8 Å². The minimum Gasteiger partial charge on any atom is -0.355 e. The average Bonchev–Trinajstić information content (AvgIpc) is 2.73. The van der Waals surface area contributed by atoms with Crippen LogP contribution >= 0.6 is 0 Å². The zero-order valence-corrected chi connectivity index (χ0v) is 18.4. The maximum absolute atomic E-state index is 13.1. The molecule has 164 valence electrons. The Morgan fingerprint density at radius 1 is 0.967 bits per heavy atom. The van der Waals surface area contributed by atoms with Crippen LogP contribution in [0.15, 0.2) is 18.2 Å². The molecule has 2 heterocycles. The molecule has 1 N–H and O–H groups in total. The van der Waals surface area contributed by atoms with Gasteiger partial charge in [0, 0.05) is 51.4 Å². The highest BCUT2D eigenvalue weighted by Gasteiger charge is 2.33. The van der Waals surface area contributed by atoms with Gasteiger partial charge < -0.3 is 15.1 Å². The second-order valence-corrected chi connectivity index (χ2v) is 8.52. The standard InChI is InChI=1S/C23H34N4O3/c1-4-24-21(28)16-25-8-10-26(11-9-25)22(29)19-6-5-7-27(15-19)23(30)20-13-17(2)12-18(3)14-20/h12-14,19H,4-11,15-16H2,1-3H3,(H,24,28). The molecule has 3 amide bonds. The highest BCUT2D eigenvalue weighted by molar-refractivity contribution is 5.95. The van der Waals surface area contributed by atoms with Crippen molar-refractivity contribution in [1.82, 2.24) is 20.0 Å². The van der Waals surface area contributed by atoms with E-state index in [2.05, 4.69) is 16.3 Å². The Kier molecular flexibility index (Phi) is 7.48. The molecule has 0 aliphatic carbocycles. The number of carbonyl (C=O) groups is 3. The second kappa shape index (κ2) is 10.1. The van der Waals surface area contributed by atoms with Crippen LogP contribution in [0.3, 0.4) is 0 Å². The normalized spacial score (nSPS) is 20.2. The number of aryl methyl sites for hydroxylation is 2. The molecule has 1 atom stereocenters. The van der Waals surface area contributed by atoms with Crippen LogP contribution in [-0.4, -0.2) is 84.8 Å². The van der Waals surface area contributed by atoms with Gasteiger partial charge in [-0.15, -0.1) is 0 Å². The highest BCUT2D eigenvalue weighted by atomic mass is 16.2. The van der Waals surface area contributed by atoms with E-state index in [1.54, 1.807) is 0 Å². The van der Waals surface area contributed by atoms with Crippen molar-refractivity contribution in [1.29, 1.82) is 0 Å². The molecule has 0 aromatic heterocycles. The first-order chi connectivity index (χ1) is 14.4. The number of hydrogen-bond acceptors (Lipinski definition) is 4. The zero-order valence-electron chi connectivity index (χ0n) is 18.4. The molecular formula is C23H34N4O3. The first-order valence-corrected chi connectivity index (χ1v) is 11.0. The summed E-state index contributed by atoms with van der Waals surface area (Å²) < 4.78 is 0. The van der Waals surface area contributed by atoms with E-state index >= 15 is 0 Å². The monoisotopic (exact) mass is 414 g/mol. The van der Waals surface area contributed by atoms with Gasteiger partial charge >= 0.3 is 0 Å². The fourth-order valence-corrected chi connectivity index (χ4v) is 4.48. The van der Waals surface area contributed by atoms with Gasteiger partial charge in [0.05, 0.1) is 12.5 Å². The first kappa shape index (κ1) is 22.3. The summed E-state index contributed by atoms with van der Waals surface area (Å²) in [7, 11) is 0. The molecule has 0 spiro atoms. The first-order valence-electron chi connectivity index (χ1n) is 11.0. The van der Waals surface area contributed by atoms with Crippen LogP contribution in [0.4, 0.5) is 0 Å². The molecular weight excluding hydrogens is 380 g/mol. The van der Waals surface area contributed by atoms with Crippen molar-refractivity contribution in [3.8, 4) is 0 Å². The highest BCUT2D eigenvalue weighted by Crippen LogP contribution is 2.22. The van der Waals surface area contributed by atoms with Gasteiger partial charge in [0.25, 0.3) is 5.91 Å². The number of nitrogens with zero attached hydrogens (tertiary/aromatic N) is 3. The minimum absolute atomic E-state index is 0.0195. The third-order valence-corrected chi connectivity index (χ3v) is 5.95. The largest absolute Gasteiger partial charge is 0.355 e. The smallest absolute Gasteiger partial charge is 0.253 e. The summed E-state index contributed by atoms with van der Waals surface area (Å²) in [6.45, 7) is 10.8. The quantitative estimate of drug-likeness (QED) is 0.791. The van der Waals surface area contributed by atoms with Crippen molar-refractivity contribution in [2.24, 2.45) is 5.92 Å². The van der Waals surface area contributed by atoms with Crippen molar-refractivity contribution in [3.05, 3.63) is 34.9 Å². The molecule has 30 heavy (non-hydrogen) atoms. The number of rotatable bonds is 5. The van der Waals surface area contributed by atoms with Crippen LogP contribution in [-0.2, 0) is 9.59 Å². The lowest BCUT2D eigenvalue weighted by Gasteiger charge is -2.39. The summed E-state index contributed by atoms with van der Waals surface area (Å²) in [5.41, 5.74) is 2.86. The van der Waals surface area contributed by atoms with Gasteiger partial charge in [-0.1, -0.05) is 17.2 Å². The van der Waals surface area contributed by atoms with E-state index in [0.29, 0.717) is 57.9 Å². The van der Waals surface area contributed by atoms with Crippen LogP contribution in [0.1, 0.15) is 41.3 Å². The molecule has 7 nitrogen and oxygen atoms in total. The van der Waals surface area contributed by atoms with Gasteiger partial charge in [0.15, 0.2) is 0 Å². The fourth-order valence-electron chi connectivity index (χ4n) is 4.48. The molecule has 0 bridgehead atoms. The summed E-state index contributed by atoms with van der Waals surface area (Å²) in [4.78, 5) is 43.7. The lowest BCUT2D eigenvalue weighted by Crippen LogP contribution is -2.54. The molecule has 1 unspecified atom stereocenters.